The Balaban J connectivity index is 4.41. The lowest BCUT2D eigenvalue weighted by Gasteiger charge is -2.18. The highest BCUT2D eigenvalue weighted by Crippen LogP contribution is 2.16. The van der Waals surface area contributed by atoms with Crippen LogP contribution >= 0.6 is 0 Å². The van der Waals surface area contributed by atoms with Gasteiger partial charge in [0.15, 0.2) is 6.10 Å². The van der Waals surface area contributed by atoms with E-state index in [0.717, 1.165) is 96.3 Å². The topological polar surface area (TPSA) is 78.9 Å². The van der Waals surface area contributed by atoms with Crippen LogP contribution in [0.25, 0.3) is 0 Å². The number of allylic oxidation sites excluding steroid dienone is 12. The van der Waals surface area contributed by atoms with Crippen molar-refractivity contribution in [1.82, 2.24) is 0 Å². The van der Waals surface area contributed by atoms with Crippen LogP contribution in [0.3, 0.4) is 0 Å². The van der Waals surface area contributed by atoms with E-state index in [4.69, 9.17) is 14.2 Å². The summed E-state index contributed by atoms with van der Waals surface area (Å²) in [5.74, 6) is -0.911. The first-order chi connectivity index (χ1) is 34.0. The third-order valence-electron chi connectivity index (χ3n) is 12.7. The Hall–Kier alpha value is -3.15. The van der Waals surface area contributed by atoms with Gasteiger partial charge in [-0.3, -0.25) is 14.4 Å². The number of ether oxygens (including phenoxy) is 3. The molecule has 0 spiro atoms. The van der Waals surface area contributed by atoms with Crippen LogP contribution in [0.5, 0.6) is 0 Å². The van der Waals surface area contributed by atoms with E-state index in [1.165, 1.54) is 154 Å². The van der Waals surface area contributed by atoms with Gasteiger partial charge in [-0.15, -0.1) is 0 Å². The molecule has 0 amide bonds. The molecule has 0 N–H and O–H groups in total. The second kappa shape index (κ2) is 57.4. The van der Waals surface area contributed by atoms with Crippen molar-refractivity contribution in [2.75, 3.05) is 13.2 Å². The largest absolute Gasteiger partial charge is 0.462 e. The smallest absolute Gasteiger partial charge is 0.306 e. The van der Waals surface area contributed by atoms with Gasteiger partial charge in [0.2, 0.25) is 0 Å². The van der Waals surface area contributed by atoms with Crippen molar-refractivity contribution in [3.63, 3.8) is 0 Å². The number of unbranched alkanes of at least 4 members (excludes halogenated alkanes) is 30. The van der Waals surface area contributed by atoms with Crippen molar-refractivity contribution in [3.8, 4) is 0 Å². The van der Waals surface area contributed by atoms with Crippen molar-refractivity contribution >= 4 is 17.9 Å². The van der Waals surface area contributed by atoms with Gasteiger partial charge < -0.3 is 14.2 Å². The zero-order chi connectivity index (χ0) is 50.0. The molecular formula is C63H110O6. The Labute approximate surface area is 427 Å². The summed E-state index contributed by atoms with van der Waals surface area (Å²) in [5, 5.41) is 0. The quantitative estimate of drug-likeness (QED) is 0.0262. The Morgan fingerprint density at radius 1 is 0.304 bits per heavy atom. The maximum absolute atomic E-state index is 12.9. The minimum absolute atomic E-state index is 0.0870. The molecule has 0 saturated heterocycles. The fourth-order valence-electron chi connectivity index (χ4n) is 8.29. The lowest BCUT2D eigenvalue weighted by molar-refractivity contribution is -0.167. The predicted octanol–water partition coefficient (Wildman–Crippen LogP) is 19.8. The summed E-state index contributed by atoms with van der Waals surface area (Å²) in [4.78, 5) is 38.2. The maximum Gasteiger partial charge on any atom is 0.306 e. The highest BCUT2D eigenvalue weighted by atomic mass is 16.6. The van der Waals surface area contributed by atoms with Crippen molar-refractivity contribution in [1.29, 1.82) is 0 Å². The minimum Gasteiger partial charge on any atom is -0.462 e. The first kappa shape index (κ1) is 65.8. The van der Waals surface area contributed by atoms with E-state index in [1.54, 1.807) is 0 Å². The third-order valence-corrected chi connectivity index (χ3v) is 12.7. The van der Waals surface area contributed by atoms with Crippen LogP contribution in [-0.2, 0) is 28.6 Å². The number of hydrogen-bond donors (Lipinski definition) is 0. The van der Waals surface area contributed by atoms with Gasteiger partial charge in [-0.1, -0.05) is 254 Å². The Morgan fingerprint density at radius 2 is 0.565 bits per heavy atom. The number of esters is 3. The minimum atomic E-state index is -0.792. The van der Waals surface area contributed by atoms with Gasteiger partial charge in [0.25, 0.3) is 0 Å². The van der Waals surface area contributed by atoms with E-state index in [-0.39, 0.29) is 31.1 Å². The molecule has 0 fully saturated rings. The van der Waals surface area contributed by atoms with E-state index in [9.17, 15) is 14.4 Å². The normalized spacial score (nSPS) is 12.6. The molecule has 0 aromatic heterocycles. The first-order valence-electron chi connectivity index (χ1n) is 29.4. The summed E-state index contributed by atoms with van der Waals surface area (Å²) in [5.41, 5.74) is 0. The molecule has 0 aromatic rings. The zero-order valence-corrected chi connectivity index (χ0v) is 45.6. The average molecular weight is 964 g/mol. The standard InChI is InChI=1S/C63H110O6/c1-4-7-10-13-16-19-22-25-27-29-31-33-35-38-41-44-47-50-53-56-62(65)68-59-60(58-67-61(64)55-52-49-46-43-40-37-24-21-18-15-12-9-6-3)69-63(66)57-54-51-48-45-42-39-36-34-32-30-28-26-23-20-17-14-11-8-5-2/h8,11,17,20,25-28,32,34,39,42,60H,4-7,9-10,12-16,18-19,21-24,29-31,33,35-38,40-41,43-59H2,1-3H3/b11-8-,20-17-,27-25-,28-26-,34-32-,42-39-/t60-/m0/s1. The van der Waals surface area contributed by atoms with Crippen LogP contribution in [0.4, 0.5) is 0 Å². The molecular weight excluding hydrogens is 853 g/mol. The van der Waals surface area contributed by atoms with E-state index in [1.807, 2.05) is 0 Å². The highest BCUT2D eigenvalue weighted by Gasteiger charge is 2.19. The molecule has 0 bridgehead atoms. The van der Waals surface area contributed by atoms with Gasteiger partial charge in [0, 0.05) is 19.3 Å². The number of hydrogen-bond acceptors (Lipinski definition) is 6. The summed E-state index contributed by atoms with van der Waals surface area (Å²) in [6, 6.07) is 0. The molecule has 0 saturated carbocycles. The van der Waals surface area contributed by atoms with Crippen molar-refractivity contribution in [3.05, 3.63) is 72.9 Å². The third kappa shape index (κ3) is 55.6. The number of carbonyl (C=O) groups is 3. The molecule has 6 heteroatoms. The molecule has 0 unspecified atom stereocenters. The first-order valence-corrected chi connectivity index (χ1v) is 29.4. The van der Waals surface area contributed by atoms with Gasteiger partial charge in [0.05, 0.1) is 0 Å². The number of rotatable bonds is 53. The van der Waals surface area contributed by atoms with Crippen molar-refractivity contribution in [2.45, 2.75) is 297 Å². The van der Waals surface area contributed by atoms with Gasteiger partial charge in [-0.05, 0) is 89.9 Å². The Morgan fingerprint density at radius 3 is 0.913 bits per heavy atom. The zero-order valence-electron chi connectivity index (χ0n) is 45.6. The SMILES string of the molecule is CC/C=C\C/C=C\C/C=C\C/C=C\C/C=C\CCCCCC(=O)O[C@H](COC(=O)CCCCCCCCCCC/C=C\CCCCCCCC)COC(=O)CCCCCCCCCCCCCCC. The summed E-state index contributed by atoms with van der Waals surface area (Å²) in [7, 11) is 0. The summed E-state index contributed by atoms with van der Waals surface area (Å²) >= 11 is 0. The van der Waals surface area contributed by atoms with E-state index in [0.29, 0.717) is 19.3 Å². The molecule has 69 heavy (non-hydrogen) atoms. The van der Waals surface area contributed by atoms with E-state index < -0.39 is 6.10 Å². The van der Waals surface area contributed by atoms with Crippen LogP contribution in [-0.4, -0.2) is 37.2 Å². The van der Waals surface area contributed by atoms with E-state index >= 15 is 0 Å². The average Bonchev–Trinajstić information content (AvgIpc) is 3.35. The fraction of sp³-hybridized carbons (Fsp3) is 0.762. The monoisotopic (exact) mass is 963 g/mol. The van der Waals surface area contributed by atoms with Crippen LogP contribution in [0.15, 0.2) is 72.9 Å². The summed E-state index contributed by atoms with van der Waals surface area (Å²) < 4.78 is 16.9. The van der Waals surface area contributed by atoms with Crippen LogP contribution in [0.1, 0.15) is 290 Å². The van der Waals surface area contributed by atoms with Crippen LogP contribution in [0, 0.1) is 0 Å². The van der Waals surface area contributed by atoms with Gasteiger partial charge in [-0.2, -0.15) is 0 Å². The molecule has 0 aliphatic rings. The Bertz CT molecular complexity index is 1290. The van der Waals surface area contributed by atoms with Crippen molar-refractivity contribution in [2.24, 2.45) is 0 Å². The van der Waals surface area contributed by atoms with Gasteiger partial charge in [0.1, 0.15) is 13.2 Å². The summed E-state index contributed by atoms with van der Waals surface area (Å²) in [6.45, 7) is 6.52. The second-order valence-electron chi connectivity index (χ2n) is 19.5. The highest BCUT2D eigenvalue weighted by molar-refractivity contribution is 5.71. The molecule has 0 heterocycles. The van der Waals surface area contributed by atoms with Gasteiger partial charge >= 0.3 is 17.9 Å². The maximum atomic E-state index is 12.9. The molecule has 6 nitrogen and oxygen atoms in total. The molecule has 0 aromatic carbocycles. The molecule has 0 rings (SSSR count). The summed E-state index contributed by atoms with van der Waals surface area (Å²) in [6.07, 6.45) is 73.2. The molecule has 1 atom stereocenters. The lowest BCUT2D eigenvalue weighted by Crippen LogP contribution is -2.30. The van der Waals surface area contributed by atoms with Crippen molar-refractivity contribution < 1.29 is 28.6 Å². The molecule has 0 aliphatic heterocycles. The molecule has 0 aliphatic carbocycles. The predicted molar refractivity (Wildman–Crippen MR) is 298 cm³/mol. The fourth-order valence-corrected chi connectivity index (χ4v) is 8.29. The lowest BCUT2D eigenvalue weighted by atomic mass is 10.0. The van der Waals surface area contributed by atoms with Crippen LogP contribution < -0.4 is 0 Å². The Kier molecular flexibility index (Phi) is 54.8. The van der Waals surface area contributed by atoms with E-state index in [2.05, 4.69) is 93.7 Å². The van der Waals surface area contributed by atoms with Crippen LogP contribution in [0.2, 0.25) is 0 Å². The van der Waals surface area contributed by atoms with Gasteiger partial charge in [-0.25, -0.2) is 0 Å². The second-order valence-corrected chi connectivity index (χ2v) is 19.5. The number of carbonyl (C=O) groups excluding carboxylic acids is 3. The molecule has 398 valence electrons. The molecule has 0 radical (unpaired) electrons.